The zero-order chi connectivity index (χ0) is 18.9. The van der Waals surface area contributed by atoms with E-state index in [2.05, 4.69) is 9.98 Å². The lowest BCUT2D eigenvalue weighted by Crippen LogP contribution is -2.08. The van der Waals surface area contributed by atoms with Gasteiger partial charge in [-0.1, -0.05) is 6.92 Å². The first-order chi connectivity index (χ1) is 12.5. The highest BCUT2D eigenvalue weighted by atomic mass is 16.3. The summed E-state index contributed by atoms with van der Waals surface area (Å²) in [6.45, 7) is 2.53. The Kier molecular flexibility index (Phi) is 7.02. The molecule has 2 rings (SSSR count). The van der Waals surface area contributed by atoms with E-state index < -0.39 is 0 Å². The monoisotopic (exact) mass is 356 g/mol. The van der Waals surface area contributed by atoms with Crippen LogP contribution in [0.4, 0.5) is 0 Å². The molecule has 0 aliphatic carbocycles. The van der Waals surface area contributed by atoms with Crippen molar-refractivity contribution in [2.45, 2.75) is 32.2 Å². The molecule has 0 aliphatic heterocycles. The minimum absolute atomic E-state index is 0.0171. The molecule has 0 aromatic heterocycles. The smallest absolute Gasteiger partial charge is 0.119 e. The van der Waals surface area contributed by atoms with E-state index in [1.54, 1.807) is 12.4 Å². The predicted octanol–water partition coefficient (Wildman–Crippen LogP) is 3.21. The van der Waals surface area contributed by atoms with Gasteiger partial charge in [0.25, 0.3) is 0 Å². The number of hydrogen-bond donors (Lipinski definition) is 4. The van der Waals surface area contributed by atoms with Crippen LogP contribution < -0.4 is 0 Å². The summed E-state index contributed by atoms with van der Waals surface area (Å²) >= 11 is 0. The number of phenolic OH excluding ortho intramolecular Hbond substituents is 4. The van der Waals surface area contributed by atoms with Crippen LogP contribution in [0, 0.1) is 0 Å². The fourth-order valence-corrected chi connectivity index (χ4v) is 2.41. The average Bonchev–Trinajstić information content (AvgIpc) is 2.62. The van der Waals surface area contributed by atoms with Crippen molar-refractivity contribution in [3.05, 3.63) is 47.5 Å². The van der Waals surface area contributed by atoms with Gasteiger partial charge in [-0.2, -0.15) is 0 Å². The van der Waals surface area contributed by atoms with Crippen LogP contribution in [-0.2, 0) is 12.8 Å². The summed E-state index contributed by atoms with van der Waals surface area (Å²) in [6, 6.07) is 8.82. The molecule has 0 saturated carbocycles. The Bertz CT molecular complexity index is 787. The lowest BCUT2D eigenvalue weighted by molar-refractivity contribution is 0.456. The van der Waals surface area contributed by atoms with Gasteiger partial charge in [0, 0.05) is 36.4 Å². The molecular weight excluding hydrogens is 332 g/mol. The van der Waals surface area contributed by atoms with Crippen molar-refractivity contribution in [2.75, 3.05) is 6.54 Å². The summed E-state index contributed by atoms with van der Waals surface area (Å²) in [5, 5.41) is 38.4. The van der Waals surface area contributed by atoms with Crippen molar-refractivity contribution in [2.24, 2.45) is 9.98 Å². The van der Waals surface area contributed by atoms with Gasteiger partial charge in [-0.25, -0.2) is 0 Å². The number of benzene rings is 2. The summed E-state index contributed by atoms with van der Waals surface area (Å²) in [5.41, 5.74) is 1.23. The van der Waals surface area contributed by atoms with E-state index in [-0.39, 0.29) is 29.0 Å². The first-order valence-electron chi connectivity index (χ1n) is 8.51. The van der Waals surface area contributed by atoms with Gasteiger partial charge < -0.3 is 20.4 Å². The number of aromatic hydroxyl groups is 4. The molecule has 1 unspecified atom stereocenters. The van der Waals surface area contributed by atoms with Crippen LogP contribution in [-0.4, -0.2) is 45.4 Å². The molecule has 0 amide bonds. The Morgan fingerprint density at radius 1 is 0.846 bits per heavy atom. The Morgan fingerprint density at radius 2 is 1.38 bits per heavy atom. The fourth-order valence-electron chi connectivity index (χ4n) is 2.41. The number of nitrogens with zero attached hydrogens (tertiary/aromatic N) is 2. The zero-order valence-corrected chi connectivity index (χ0v) is 14.7. The van der Waals surface area contributed by atoms with Crippen molar-refractivity contribution in [1.29, 1.82) is 0 Å². The van der Waals surface area contributed by atoms with Gasteiger partial charge in [0.1, 0.15) is 23.0 Å². The van der Waals surface area contributed by atoms with E-state index in [0.717, 1.165) is 6.42 Å². The zero-order valence-electron chi connectivity index (χ0n) is 14.7. The van der Waals surface area contributed by atoms with Gasteiger partial charge in [0.05, 0.1) is 12.6 Å². The highest BCUT2D eigenvalue weighted by Gasteiger charge is 2.04. The third-order valence-electron chi connectivity index (χ3n) is 3.98. The maximum atomic E-state index is 9.75. The molecule has 6 heteroatoms. The normalized spacial score (nSPS) is 12.8. The third-order valence-corrected chi connectivity index (χ3v) is 3.98. The molecule has 0 radical (unpaired) electrons. The van der Waals surface area contributed by atoms with Crippen LogP contribution in [0.5, 0.6) is 23.0 Å². The summed E-state index contributed by atoms with van der Waals surface area (Å²) in [6.07, 6.45) is 5.10. The molecule has 138 valence electrons. The summed E-state index contributed by atoms with van der Waals surface area (Å²) in [5.74, 6) is 0.479. The van der Waals surface area contributed by atoms with Crippen LogP contribution in [0.3, 0.4) is 0 Å². The second-order valence-corrected chi connectivity index (χ2v) is 5.98. The first-order valence-corrected chi connectivity index (χ1v) is 8.51. The second-order valence-electron chi connectivity index (χ2n) is 5.98. The highest BCUT2D eigenvalue weighted by molar-refractivity contribution is 5.65. The predicted molar refractivity (Wildman–Crippen MR) is 103 cm³/mol. The van der Waals surface area contributed by atoms with Gasteiger partial charge in [0.2, 0.25) is 0 Å². The number of rotatable bonds is 8. The number of aliphatic imine (C=N–C) groups is 2. The van der Waals surface area contributed by atoms with Gasteiger partial charge in [-0.3, -0.25) is 9.98 Å². The van der Waals surface area contributed by atoms with Crippen molar-refractivity contribution in [3.8, 4) is 23.0 Å². The summed E-state index contributed by atoms with van der Waals surface area (Å²) in [7, 11) is 0. The Balaban J connectivity index is 1.86. The van der Waals surface area contributed by atoms with Gasteiger partial charge in [-0.05, 0) is 42.8 Å². The Hall–Kier alpha value is -3.02. The van der Waals surface area contributed by atoms with Crippen molar-refractivity contribution in [1.82, 2.24) is 0 Å². The standard InChI is InChI=1S/C20H24N2O4/c1-2-16(22-10-8-15-12-18(24)4-6-20(15)26)13-21-9-7-14-11-17(23)3-5-19(14)25/h3-6,9-12,16,23-26H,2,7-8,13H2,1H3. The van der Waals surface area contributed by atoms with Crippen molar-refractivity contribution >= 4 is 12.4 Å². The van der Waals surface area contributed by atoms with Crippen LogP contribution in [0.15, 0.2) is 46.4 Å². The Morgan fingerprint density at radius 3 is 1.92 bits per heavy atom. The van der Waals surface area contributed by atoms with Crippen LogP contribution in [0.1, 0.15) is 24.5 Å². The largest absolute Gasteiger partial charge is 0.508 e. The molecule has 26 heavy (non-hydrogen) atoms. The SMILES string of the molecule is CCC(CN=CCc1cc(O)ccc1O)N=CCc1cc(O)ccc1O. The van der Waals surface area contributed by atoms with E-state index in [9.17, 15) is 20.4 Å². The van der Waals surface area contributed by atoms with Crippen molar-refractivity contribution in [3.63, 3.8) is 0 Å². The quantitative estimate of drug-likeness (QED) is 0.430. The molecule has 0 heterocycles. The van der Waals surface area contributed by atoms with Crippen LogP contribution in [0.25, 0.3) is 0 Å². The van der Waals surface area contributed by atoms with Gasteiger partial charge in [-0.15, -0.1) is 0 Å². The number of phenols is 4. The van der Waals surface area contributed by atoms with E-state index in [4.69, 9.17) is 0 Å². The lowest BCUT2D eigenvalue weighted by atomic mass is 10.1. The Labute approximate surface area is 152 Å². The topological polar surface area (TPSA) is 106 Å². The molecule has 0 spiro atoms. The average molecular weight is 356 g/mol. The molecule has 0 aliphatic rings. The maximum Gasteiger partial charge on any atom is 0.119 e. The molecule has 0 fully saturated rings. The molecule has 6 nitrogen and oxygen atoms in total. The van der Waals surface area contributed by atoms with Gasteiger partial charge >= 0.3 is 0 Å². The molecule has 4 N–H and O–H groups in total. The van der Waals surface area contributed by atoms with Crippen LogP contribution in [0.2, 0.25) is 0 Å². The van der Waals surface area contributed by atoms with E-state index in [1.165, 1.54) is 36.4 Å². The second kappa shape index (κ2) is 9.46. The molecule has 0 saturated heterocycles. The number of hydrogen-bond acceptors (Lipinski definition) is 6. The van der Waals surface area contributed by atoms with Gasteiger partial charge in [0.15, 0.2) is 0 Å². The minimum atomic E-state index is 0.0171. The fraction of sp³-hybridized carbons (Fsp3) is 0.300. The van der Waals surface area contributed by atoms with E-state index in [0.29, 0.717) is 30.5 Å². The first kappa shape index (κ1) is 19.3. The molecule has 2 aromatic rings. The van der Waals surface area contributed by atoms with Crippen LogP contribution >= 0.6 is 0 Å². The lowest BCUT2D eigenvalue weighted by Gasteiger charge is -2.07. The molecule has 0 bridgehead atoms. The summed E-state index contributed by atoms with van der Waals surface area (Å²) < 4.78 is 0. The third kappa shape index (κ3) is 5.81. The molecule has 1 atom stereocenters. The minimum Gasteiger partial charge on any atom is -0.508 e. The highest BCUT2D eigenvalue weighted by Crippen LogP contribution is 2.22. The summed E-state index contributed by atoms with van der Waals surface area (Å²) in [4.78, 5) is 8.81. The molecular formula is C20H24N2O4. The van der Waals surface area contributed by atoms with E-state index in [1.807, 2.05) is 6.92 Å². The van der Waals surface area contributed by atoms with Crippen molar-refractivity contribution < 1.29 is 20.4 Å². The maximum absolute atomic E-state index is 9.75. The molecule has 2 aromatic carbocycles. The van der Waals surface area contributed by atoms with E-state index >= 15 is 0 Å².